The molecule has 1 aromatic carbocycles. The Balaban J connectivity index is 1.65. The summed E-state index contributed by atoms with van der Waals surface area (Å²) in [5, 5.41) is 7.88. The zero-order valence-corrected chi connectivity index (χ0v) is 18.3. The van der Waals surface area contributed by atoms with E-state index in [1.54, 1.807) is 12.1 Å². The van der Waals surface area contributed by atoms with E-state index in [0.29, 0.717) is 5.69 Å². The second-order valence-corrected chi connectivity index (χ2v) is 10.2. The molecule has 0 bridgehead atoms. The van der Waals surface area contributed by atoms with Crippen molar-refractivity contribution in [2.24, 2.45) is 5.10 Å². The lowest BCUT2D eigenvalue weighted by Gasteiger charge is -2.27. The van der Waals surface area contributed by atoms with E-state index in [0.717, 1.165) is 9.90 Å². The van der Waals surface area contributed by atoms with Crippen LogP contribution in [0.3, 0.4) is 0 Å². The van der Waals surface area contributed by atoms with Crippen LogP contribution >= 0.6 is 11.8 Å². The Morgan fingerprint density at radius 1 is 1.30 bits per heavy atom. The Morgan fingerprint density at radius 3 is 2.70 bits per heavy atom. The summed E-state index contributed by atoms with van der Waals surface area (Å²) in [4.78, 5) is 38.0. The molecule has 0 radical (unpaired) electrons. The molecule has 2 heterocycles. The molecule has 2 amide bonds. The van der Waals surface area contributed by atoms with Gasteiger partial charge in [-0.25, -0.2) is 18.2 Å². The van der Waals surface area contributed by atoms with E-state index in [9.17, 15) is 22.8 Å². The number of anilines is 1. The van der Waals surface area contributed by atoms with Gasteiger partial charge in [0.15, 0.2) is 15.9 Å². The normalized spacial score (nSPS) is 21.7. The van der Waals surface area contributed by atoms with Gasteiger partial charge in [0, 0.05) is 17.7 Å². The van der Waals surface area contributed by atoms with Crippen LogP contribution in [0.2, 0.25) is 0 Å². The van der Waals surface area contributed by atoms with Gasteiger partial charge in [0.05, 0.1) is 23.2 Å². The number of benzene rings is 1. The third-order valence-electron chi connectivity index (χ3n) is 4.87. The number of esters is 1. The van der Waals surface area contributed by atoms with Gasteiger partial charge in [-0.1, -0.05) is 12.1 Å². The maximum Gasteiger partial charge on any atom is 0.355 e. The molecule has 0 aromatic heterocycles. The Hall–Kier alpha value is -2.40. The monoisotopic (exact) mass is 453 g/mol. The molecular weight excluding hydrogens is 430 g/mol. The average Bonchev–Trinajstić information content (AvgIpc) is 3.08. The lowest BCUT2D eigenvalue weighted by Crippen LogP contribution is -2.42. The number of hydrazone groups is 1. The average molecular weight is 454 g/mol. The number of nitrogens with zero attached hydrogens (tertiary/aromatic N) is 2. The molecule has 30 heavy (non-hydrogen) atoms. The number of sulfone groups is 1. The largest absolute Gasteiger partial charge is 0.448 e. The third kappa shape index (κ3) is 5.20. The van der Waals surface area contributed by atoms with Gasteiger partial charge in [-0.05, 0) is 31.7 Å². The molecule has 0 saturated carbocycles. The van der Waals surface area contributed by atoms with Crippen LogP contribution in [-0.2, 0) is 29.0 Å². The van der Waals surface area contributed by atoms with E-state index in [2.05, 4.69) is 10.4 Å². The van der Waals surface area contributed by atoms with E-state index in [-0.39, 0.29) is 42.4 Å². The smallest absolute Gasteiger partial charge is 0.355 e. The van der Waals surface area contributed by atoms with Crippen molar-refractivity contribution >= 4 is 50.8 Å². The molecule has 162 valence electrons. The Labute approximate surface area is 179 Å². The van der Waals surface area contributed by atoms with Crippen molar-refractivity contribution in [3.05, 3.63) is 24.3 Å². The number of amides is 2. The van der Waals surface area contributed by atoms with Crippen molar-refractivity contribution < 1.29 is 27.5 Å². The van der Waals surface area contributed by atoms with Crippen LogP contribution in [0.15, 0.2) is 34.3 Å². The highest BCUT2D eigenvalue weighted by atomic mass is 32.2. The summed E-state index contributed by atoms with van der Waals surface area (Å²) < 4.78 is 28.6. The molecule has 2 aliphatic heterocycles. The molecule has 9 nitrogen and oxygen atoms in total. The highest BCUT2D eigenvalue weighted by Crippen LogP contribution is 2.25. The minimum atomic E-state index is -3.21. The third-order valence-corrected chi connectivity index (χ3v) is 7.41. The molecule has 1 saturated heterocycles. The van der Waals surface area contributed by atoms with E-state index in [4.69, 9.17) is 4.74 Å². The summed E-state index contributed by atoms with van der Waals surface area (Å²) in [5.41, 5.74) is 0.621. The van der Waals surface area contributed by atoms with E-state index < -0.39 is 33.9 Å². The standard InChI is InChI=1S/C19H23N3O6S2/c1-12(18(24)20-14-5-3-4-6-16(14)29-2)28-19(25)15-7-8-17(23)22(21-15)13-9-10-30(26,27)11-13/h3-6,12-13H,7-11H2,1-2H3,(H,20,24). The summed E-state index contributed by atoms with van der Waals surface area (Å²) in [6.07, 6.45) is 1.21. The van der Waals surface area contributed by atoms with Crippen LogP contribution in [0.4, 0.5) is 5.69 Å². The van der Waals surface area contributed by atoms with Crippen LogP contribution in [-0.4, -0.2) is 66.8 Å². The summed E-state index contributed by atoms with van der Waals surface area (Å²) >= 11 is 1.48. The van der Waals surface area contributed by atoms with Gasteiger partial charge >= 0.3 is 5.97 Å². The first-order valence-corrected chi connectivity index (χ1v) is 12.5. The number of ether oxygens (including phenoxy) is 1. The summed E-state index contributed by atoms with van der Waals surface area (Å²) in [7, 11) is -3.21. The molecule has 1 N–H and O–H groups in total. The molecule has 2 unspecified atom stereocenters. The highest BCUT2D eigenvalue weighted by Gasteiger charge is 2.37. The summed E-state index contributed by atoms with van der Waals surface area (Å²) in [6.45, 7) is 1.45. The number of para-hydroxylation sites is 1. The maximum absolute atomic E-state index is 12.5. The van der Waals surface area contributed by atoms with E-state index >= 15 is 0 Å². The number of nitrogens with one attached hydrogen (secondary N) is 1. The first kappa shape index (κ1) is 22.3. The topological polar surface area (TPSA) is 122 Å². The van der Waals surface area contributed by atoms with Crippen LogP contribution in [0, 0.1) is 0 Å². The van der Waals surface area contributed by atoms with Crippen LogP contribution in [0.1, 0.15) is 26.2 Å². The molecule has 11 heteroatoms. The second-order valence-electron chi connectivity index (χ2n) is 7.08. The van der Waals surface area contributed by atoms with Crippen molar-refractivity contribution in [2.75, 3.05) is 23.1 Å². The predicted octanol–water partition coefficient (Wildman–Crippen LogP) is 1.44. The minimum absolute atomic E-state index is 0.00284. The van der Waals surface area contributed by atoms with Crippen molar-refractivity contribution in [1.29, 1.82) is 0 Å². The zero-order valence-electron chi connectivity index (χ0n) is 16.7. The molecule has 1 aromatic rings. The summed E-state index contributed by atoms with van der Waals surface area (Å²) in [6, 6.07) is 6.69. The molecule has 2 aliphatic rings. The van der Waals surface area contributed by atoms with E-state index in [1.807, 2.05) is 18.4 Å². The lowest BCUT2D eigenvalue weighted by molar-refractivity contribution is -0.147. The first-order valence-electron chi connectivity index (χ1n) is 9.45. The Bertz CT molecular complexity index is 992. The number of hydrogen-bond donors (Lipinski definition) is 1. The fraction of sp³-hybridized carbons (Fsp3) is 0.474. The molecule has 2 atom stereocenters. The molecule has 3 rings (SSSR count). The van der Waals surface area contributed by atoms with Gasteiger partial charge in [0.2, 0.25) is 5.91 Å². The molecule has 0 aliphatic carbocycles. The highest BCUT2D eigenvalue weighted by molar-refractivity contribution is 7.98. The number of carbonyl (C=O) groups is 3. The molecule has 0 spiro atoms. The maximum atomic E-state index is 12.5. The quantitative estimate of drug-likeness (QED) is 0.511. The number of carbonyl (C=O) groups excluding carboxylic acids is 3. The number of thioether (sulfide) groups is 1. The van der Waals surface area contributed by atoms with Crippen LogP contribution in [0.5, 0.6) is 0 Å². The fourth-order valence-electron chi connectivity index (χ4n) is 3.24. The zero-order chi connectivity index (χ0) is 21.9. The Kier molecular flexibility index (Phi) is 6.81. The van der Waals surface area contributed by atoms with Gasteiger partial charge in [0.1, 0.15) is 5.71 Å². The predicted molar refractivity (Wildman–Crippen MR) is 113 cm³/mol. The van der Waals surface area contributed by atoms with Crippen LogP contribution < -0.4 is 5.32 Å². The van der Waals surface area contributed by atoms with Gasteiger partial charge in [-0.15, -0.1) is 11.8 Å². The van der Waals surface area contributed by atoms with Crippen molar-refractivity contribution in [3.63, 3.8) is 0 Å². The Morgan fingerprint density at radius 2 is 2.03 bits per heavy atom. The first-order chi connectivity index (χ1) is 14.2. The van der Waals surface area contributed by atoms with Gasteiger partial charge < -0.3 is 10.1 Å². The molecular formula is C19H23N3O6S2. The van der Waals surface area contributed by atoms with Gasteiger partial charge in [-0.3, -0.25) is 9.59 Å². The lowest BCUT2D eigenvalue weighted by atomic mass is 10.1. The number of hydrogen-bond acceptors (Lipinski definition) is 8. The van der Waals surface area contributed by atoms with E-state index in [1.165, 1.54) is 18.7 Å². The summed E-state index contributed by atoms with van der Waals surface area (Å²) in [5.74, 6) is -1.79. The second kappa shape index (κ2) is 9.17. The van der Waals surface area contributed by atoms with Crippen molar-refractivity contribution in [3.8, 4) is 0 Å². The molecule has 1 fully saturated rings. The fourth-order valence-corrected chi connectivity index (χ4v) is 5.48. The SMILES string of the molecule is CSc1ccccc1NC(=O)C(C)OC(=O)C1=NN(C2CCS(=O)(=O)C2)C(=O)CC1. The van der Waals surface area contributed by atoms with Crippen molar-refractivity contribution in [2.45, 2.75) is 43.2 Å². The van der Waals surface area contributed by atoms with Gasteiger partial charge in [0.25, 0.3) is 5.91 Å². The minimum Gasteiger partial charge on any atom is -0.448 e. The van der Waals surface area contributed by atoms with Gasteiger partial charge in [-0.2, -0.15) is 5.10 Å². The van der Waals surface area contributed by atoms with Crippen molar-refractivity contribution in [1.82, 2.24) is 5.01 Å². The number of rotatable bonds is 6. The van der Waals surface area contributed by atoms with Crippen LogP contribution in [0.25, 0.3) is 0 Å².